The van der Waals surface area contributed by atoms with Gasteiger partial charge in [0.1, 0.15) is 5.75 Å². The summed E-state index contributed by atoms with van der Waals surface area (Å²) >= 11 is 0. The van der Waals surface area contributed by atoms with Gasteiger partial charge < -0.3 is 10.1 Å². The number of nitrogens with zero attached hydrogens (tertiary/aromatic N) is 2. The molecule has 0 atom stereocenters. The van der Waals surface area contributed by atoms with E-state index in [1.165, 1.54) is 10.9 Å². The van der Waals surface area contributed by atoms with Gasteiger partial charge in [-0.25, -0.2) is 0 Å². The van der Waals surface area contributed by atoms with Crippen molar-refractivity contribution >= 4 is 16.6 Å². The first-order chi connectivity index (χ1) is 10.3. The number of benzene rings is 2. The Bertz CT molecular complexity index is 749. The first-order valence-corrected chi connectivity index (χ1v) is 7.14. The van der Waals surface area contributed by atoms with E-state index in [-0.39, 0.29) is 0 Å². The maximum absolute atomic E-state index is 5.36. The van der Waals surface area contributed by atoms with Gasteiger partial charge in [-0.05, 0) is 25.1 Å². The highest BCUT2D eigenvalue weighted by Crippen LogP contribution is 2.25. The van der Waals surface area contributed by atoms with Crippen LogP contribution in [-0.2, 0) is 13.1 Å². The van der Waals surface area contributed by atoms with E-state index >= 15 is 0 Å². The Morgan fingerprint density at radius 2 is 1.86 bits per heavy atom. The molecule has 0 saturated carbocycles. The van der Waals surface area contributed by atoms with E-state index in [0.717, 1.165) is 23.7 Å². The number of ether oxygens (including phenoxy) is 1. The molecule has 108 valence electrons. The predicted octanol–water partition coefficient (Wildman–Crippen LogP) is 3.68. The van der Waals surface area contributed by atoms with Gasteiger partial charge in [-0.2, -0.15) is 5.10 Å². The molecule has 0 fully saturated rings. The molecular formula is C17H19N3O. The lowest BCUT2D eigenvalue weighted by atomic mass is 10.2. The second-order valence-electron chi connectivity index (χ2n) is 4.83. The predicted molar refractivity (Wildman–Crippen MR) is 85.7 cm³/mol. The molecule has 3 aromatic rings. The van der Waals surface area contributed by atoms with Gasteiger partial charge in [-0.3, -0.25) is 4.68 Å². The van der Waals surface area contributed by atoms with Crippen LogP contribution in [0.5, 0.6) is 5.75 Å². The first-order valence-electron chi connectivity index (χ1n) is 7.14. The molecule has 4 heteroatoms. The summed E-state index contributed by atoms with van der Waals surface area (Å²) in [6.45, 7) is 3.65. The van der Waals surface area contributed by atoms with Crippen molar-refractivity contribution in [2.75, 3.05) is 12.4 Å². The van der Waals surface area contributed by atoms with Crippen molar-refractivity contribution in [2.24, 2.45) is 0 Å². The van der Waals surface area contributed by atoms with Gasteiger partial charge in [0.05, 0.1) is 30.6 Å². The summed E-state index contributed by atoms with van der Waals surface area (Å²) in [4.78, 5) is 0. The number of hydrogen-bond acceptors (Lipinski definition) is 3. The topological polar surface area (TPSA) is 39.1 Å². The second kappa shape index (κ2) is 5.87. The van der Waals surface area contributed by atoms with Crippen molar-refractivity contribution in [3.8, 4) is 5.75 Å². The Kier molecular flexibility index (Phi) is 3.77. The quantitative estimate of drug-likeness (QED) is 0.775. The molecular weight excluding hydrogens is 262 g/mol. The van der Waals surface area contributed by atoms with Crippen LogP contribution in [-0.4, -0.2) is 16.9 Å². The third-order valence-electron chi connectivity index (χ3n) is 3.59. The van der Waals surface area contributed by atoms with Gasteiger partial charge in [0, 0.05) is 11.9 Å². The maximum Gasteiger partial charge on any atom is 0.141 e. The van der Waals surface area contributed by atoms with Crippen molar-refractivity contribution in [1.29, 1.82) is 0 Å². The van der Waals surface area contributed by atoms with E-state index in [1.807, 2.05) is 35.0 Å². The Morgan fingerprint density at radius 1 is 1.10 bits per heavy atom. The van der Waals surface area contributed by atoms with Crippen LogP contribution < -0.4 is 10.1 Å². The zero-order chi connectivity index (χ0) is 14.7. The van der Waals surface area contributed by atoms with Crippen LogP contribution in [0.25, 0.3) is 10.9 Å². The van der Waals surface area contributed by atoms with Gasteiger partial charge in [0.2, 0.25) is 0 Å². The van der Waals surface area contributed by atoms with Gasteiger partial charge in [0.25, 0.3) is 0 Å². The number of nitrogens with one attached hydrogen (secondary N) is 1. The third kappa shape index (κ3) is 2.57. The Labute approximate surface area is 124 Å². The minimum atomic E-state index is 0.674. The van der Waals surface area contributed by atoms with Crippen molar-refractivity contribution in [1.82, 2.24) is 9.78 Å². The fraction of sp³-hybridized carbons (Fsp3) is 0.235. The molecule has 1 N–H and O–H groups in total. The number of aromatic nitrogens is 2. The molecule has 1 heterocycles. The highest BCUT2D eigenvalue weighted by atomic mass is 16.5. The zero-order valence-corrected chi connectivity index (χ0v) is 12.3. The van der Waals surface area contributed by atoms with Crippen LogP contribution >= 0.6 is 0 Å². The summed E-state index contributed by atoms with van der Waals surface area (Å²) in [5, 5.41) is 9.30. The van der Waals surface area contributed by atoms with E-state index in [9.17, 15) is 0 Å². The lowest BCUT2D eigenvalue weighted by Gasteiger charge is -2.09. The number of methoxy groups -OCH3 is 1. The molecule has 0 aliphatic carbocycles. The molecule has 1 aromatic heterocycles. The number of para-hydroxylation sites is 3. The molecule has 0 aliphatic rings. The Balaban J connectivity index is 1.88. The molecule has 0 aliphatic heterocycles. The van der Waals surface area contributed by atoms with Gasteiger partial charge in [0.15, 0.2) is 0 Å². The Hall–Kier alpha value is -2.49. The molecule has 0 amide bonds. The first kappa shape index (κ1) is 13.5. The van der Waals surface area contributed by atoms with Crippen molar-refractivity contribution in [3.05, 3.63) is 54.2 Å². The normalized spacial score (nSPS) is 10.8. The van der Waals surface area contributed by atoms with E-state index in [2.05, 4.69) is 30.4 Å². The molecule has 0 unspecified atom stereocenters. The van der Waals surface area contributed by atoms with Gasteiger partial charge in [-0.1, -0.05) is 30.3 Å². The van der Waals surface area contributed by atoms with Gasteiger partial charge in [-0.15, -0.1) is 0 Å². The van der Waals surface area contributed by atoms with Crippen molar-refractivity contribution in [3.63, 3.8) is 0 Å². The van der Waals surface area contributed by atoms with Crippen LogP contribution in [0, 0.1) is 0 Å². The lowest BCUT2D eigenvalue weighted by molar-refractivity contribution is 0.416. The minimum Gasteiger partial charge on any atom is -0.495 e. The van der Waals surface area contributed by atoms with E-state index in [4.69, 9.17) is 9.84 Å². The zero-order valence-electron chi connectivity index (χ0n) is 12.3. The number of rotatable bonds is 5. The monoisotopic (exact) mass is 281 g/mol. The number of anilines is 1. The molecule has 4 nitrogen and oxygen atoms in total. The van der Waals surface area contributed by atoms with Crippen LogP contribution in [0.15, 0.2) is 48.5 Å². The summed E-state index contributed by atoms with van der Waals surface area (Å²) in [5.41, 5.74) is 3.21. The average molecular weight is 281 g/mol. The number of fused-ring (bicyclic) bond motifs is 1. The second-order valence-corrected chi connectivity index (χ2v) is 4.83. The smallest absolute Gasteiger partial charge is 0.141 e. The van der Waals surface area contributed by atoms with E-state index in [0.29, 0.717) is 6.54 Å². The molecule has 0 saturated heterocycles. The van der Waals surface area contributed by atoms with E-state index in [1.54, 1.807) is 7.11 Å². The third-order valence-corrected chi connectivity index (χ3v) is 3.59. The molecule has 0 radical (unpaired) electrons. The summed E-state index contributed by atoms with van der Waals surface area (Å²) in [6, 6.07) is 16.2. The highest BCUT2D eigenvalue weighted by Gasteiger charge is 2.09. The van der Waals surface area contributed by atoms with Gasteiger partial charge >= 0.3 is 0 Å². The van der Waals surface area contributed by atoms with Crippen LogP contribution in [0.3, 0.4) is 0 Å². The molecule has 21 heavy (non-hydrogen) atoms. The summed E-state index contributed by atoms with van der Waals surface area (Å²) in [5.74, 6) is 0.844. The number of aryl methyl sites for hydroxylation is 1. The SMILES string of the molecule is CCn1nc(CNc2ccccc2OC)c2ccccc21. The largest absolute Gasteiger partial charge is 0.495 e. The van der Waals surface area contributed by atoms with Crippen molar-refractivity contribution < 1.29 is 4.74 Å². The van der Waals surface area contributed by atoms with E-state index < -0.39 is 0 Å². The highest BCUT2D eigenvalue weighted by molar-refractivity contribution is 5.82. The summed E-state index contributed by atoms with van der Waals surface area (Å²) in [6.07, 6.45) is 0. The minimum absolute atomic E-state index is 0.674. The maximum atomic E-state index is 5.36. The van der Waals surface area contributed by atoms with Crippen LogP contribution in [0.2, 0.25) is 0 Å². The molecule has 2 aromatic carbocycles. The molecule has 0 bridgehead atoms. The lowest BCUT2D eigenvalue weighted by Crippen LogP contribution is -2.03. The average Bonchev–Trinajstić information content (AvgIpc) is 2.91. The van der Waals surface area contributed by atoms with Crippen molar-refractivity contribution in [2.45, 2.75) is 20.0 Å². The Morgan fingerprint density at radius 3 is 2.67 bits per heavy atom. The van der Waals surface area contributed by atoms with Crippen LogP contribution in [0.4, 0.5) is 5.69 Å². The summed E-state index contributed by atoms with van der Waals surface area (Å²) in [7, 11) is 1.68. The summed E-state index contributed by atoms with van der Waals surface area (Å²) < 4.78 is 7.40. The standard InChI is InChI=1S/C17H19N3O/c1-3-20-16-10-6-4-8-13(16)15(19-20)12-18-14-9-5-7-11-17(14)21-2/h4-11,18H,3,12H2,1-2H3. The fourth-order valence-corrected chi connectivity index (χ4v) is 2.54. The van der Waals surface area contributed by atoms with Crippen LogP contribution in [0.1, 0.15) is 12.6 Å². The molecule has 3 rings (SSSR count). The fourth-order valence-electron chi connectivity index (χ4n) is 2.54. The number of hydrogen-bond donors (Lipinski definition) is 1. The molecule has 0 spiro atoms.